The fraction of sp³-hybridized carbons (Fsp3) is 0.125. The Morgan fingerprint density at radius 1 is 0.950 bits per heavy atom. The van der Waals surface area contributed by atoms with Gasteiger partial charge in [0.15, 0.2) is 0 Å². The molecule has 0 aliphatic heterocycles. The molecule has 4 nitrogen and oxygen atoms in total. The van der Waals surface area contributed by atoms with E-state index < -0.39 is 0 Å². The first kappa shape index (κ1) is 12.6. The molecule has 3 aromatic rings. The lowest BCUT2D eigenvalue weighted by atomic mass is 10.1. The van der Waals surface area contributed by atoms with Gasteiger partial charge in [0.1, 0.15) is 0 Å². The normalized spacial score (nSPS) is 12.3. The summed E-state index contributed by atoms with van der Waals surface area (Å²) in [6.45, 7) is 1.90. The van der Waals surface area contributed by atoms with Crippen LogP contribution >= 0.6 is 0 Å². The van der Waals surface area contributed by atoms with Crippen LogP contribution in [0.5, 0.6) is 0 Å². The second-order valence-corrected chi connectivity index (χ2v) is 4.79. The lowest BCUT2D eigenvalue weighted by molar-refractivity contribution is 0.756. The molecule has 1 heterocycles. The molecule has 100 valence electrons. The minimum Gasteiger partial charge on any atom is -0.323 e. The van der Waals surface area contributed by atoms with Crippen molar-refractivity contribution in [2.45, 2.75) is 13.0 Å². The van der Waals surface area contributed by atoms with E-state index in [1.54, 1.807) is 4.68 Å². The van der Waals surface area contributed by atoms with Crippen molar-refractivity contribution in [2.24, 2.45) is 5.73 Å². The van der Waals surface area contributed by atoms with Crippen molar-refractivity contribution in [1.82, 2.24) is 15.0 Å². The lowest BCUT2D eigenvalue weighted by Crippen LogP contribution is -2.04. The number of benzene rings is 2. The van der Waals surface area contributed by atoms with Gasteiger partial charge in [0.05, 0.1) is 17.6 Å². The van der Waals surface area contributed by atoms with Crippen LogP contribution in [-0.2, 0) is 0 Å². The topological polar surface area (TPSA) is 56.7 Å². The molecular formula is C16H16N4. The van der Waals surface area contributed by atoms with Gasteiger partial charge in [-0.1, -0.05) is 47.7 Å². The Morgan fingerprint density at radius 2 is 1.60 bits per heavy atom. The summed E-state index contributed by atoms with van der Waals surface area (Å²) in [7, 11) is 0. The van der Waals surface area contributed by atoms with Crippen LogP contribution in [0.2, 0.25) is 0 Å². The first-order valence-corrected chi connectivity index (χ1v) is 6.58. The maximum Gasteiger partial charge on any atom is 0.0995 e. The summed E-state index contributed by atoms with van der Waals surface area (Å²) in [4.78, 5) is 0. The average molecular weight is 264 g/mol. The van der Waals surface area contributed by atoms with Crippen molar-refractivity contribution in [3.05, 3.63) is 66.5 Å². The fourth-order valence-corrected chi connectivity index (χ4v) is 2.05. The van der Waals surface area contributed by atoms with Gasteiger partial charge in [-0.25, -0.2) is 4.68 Å². The first-order chi connectivity index (χ1) is 9.74. The minimum atomic E-state index is -0.104. The fourth-order valence-electron chi connectivity index (χ4n) is 2.05. The molecule has 0 radical (unpaired) electrons. The Labute approximate surface area is 117 Å². The Bertz CT molecular complexity index is 684. The van der Waals surface area contributed by atoms with Crippen molar-refractivity contribution in [3.63, 3.8) is 0 Å². The van der Waals surface area contributed by atoms with Crippen molar-refractivity contribution >= 4 is 0 Å². The molecule has 20 heavy (non-hydrogen) atoms. The van der Waals surface area contributed by atoms with Gasteiger partial charge < -0.3 is 5.73 Å². The van der Waals surface area contributed by atoms with E-state index in [2.05, 4.69) is 34.6 Å². The van der Waals surface area contributed by atoms with E-state index in [0.717, 1.165) is 11.4 Å². The van der Waals surface area contributed by atoms with Crippen molar-refractivity contribution in [3.8, 4) is 16.8 Å². The van der Waals surface area contributed by atoms with E-state index >= 15 is 0 Å². The first-order valence-electron chi connectivity index (χ1n) is 6.58. The van der Waals surface area contributed by atoms with Gasteiger partial charge in [0, 0.05) is 6.04 Å². The van der Waals surface area contributed by atoms with Crippen molar-refractivity contribution in [2.75, 3.05) is 0 Å². The molecule has 0 saturated carbocycles. The predicted octanol–water partition coefficient (Wildman–Crippen LogP) is 2.95. The van der Waals surface area contributed by atoms with Gasteiger partial charge in [-0.2, -0.15) is 0 Å². The van der Waals surface area contributed by atoms with Crippen LogP contribution in [0.15, 0.2) is 60.8 Å². The number of rotatable bonds is 3. The van der Waals surface area contributed by atoms with Gasteiger partial charge in [0.2, 0.25) is 0 Å². The lowest BCUT2D eigenvalue weighted by Gasteiger charge is -2.04. The molecular weight excluding hydrogens is 248 g/mol. The largest absolute Gasteiger partial charge is 0.323 e. The number of nitrogens with zero attached hydrogens (tertiary/aromatic N) is 3. The summed E-state index contributed by atoms with van der Waals surface area (Å²) in [6, 6.07) is 18.4. The molecule has 0 saturated heterocycles. The Hall–Kier alpha value is -2.46. The summed E-state index contributed by atoms with van der Waals surface area (Å²) in [5, 5.41) is 8.16. The third-order valence-electron chi connectivity index (χ3n) is 3.22. The summed E-state index contributed by atoms with van der Waals surface area (Å²) < 4.78 is 1.74. The standard InChI is InChI=1S/C16H16N4/c1-12(17)16-11-20(19-18-16)15-9-7-14(8-10-15)13-5-3-2-4-6-13/h2-12H,17H2,1H3. The zero-order chi connectivity index (χ0) is 13.9. The summed E-state index contributed by atoms with van der Waals surface area (Å²) >= 11 is 0. The van der Waals surface area contributed by atoms with Crippen LogP contribution < -0.4 is 5.73 Å². The third kappa shape index (κ3) is 2.46. The van der Waals surface area contributed by atoms with E-state index in [1.165, 1.54) is 11.1 Å². The molecule has 2 aromatic carbocycles. The summed E-state index contributed by atoms with van der Waals surface area (Å²) in [5.41, 5.74) is 9.94. The Kier molecular flexibility index (Phi) is 3.31. The SMILES string of the molecule is CC(N)c1cn(-c2ccc(-c3ccccc3)cc2)nn1. The molecule has 2 N–H and O–H groups in total. The van der Waals surface area contributed by atoms with Gasteiger partial charge in [-0.15, -0.1) is 5.10 Å². The molecule has 0 aliphatic rings. The number of hydrogen-bond acceptors (Lipinski definition) is 3. The maximum atomic E-state index is 5.79. The third-order valence-corrected chi connectivity index (χ3v) is 3.22. The highest BCUT2D eigenvalue weighted by atomic mass is 15.4. The van der Waals surface area contributed by atoms with Gasteiger partial charge in [-0.3, -0.25) is 0 Å². The van der Waals surface area contributed by atoms with Crippen LogP contribution in [-0.4, -0.2) is 15.0 Å². The predicted molar refractivity (Wildman–Crippen MR) is 79.4 cm³/mol. The van der Waals surface area contributed by atoms with Crippen LogP contribution in [0.3, 0.4) is 0 Å². The van der Waals surface area contributed by atoms with Crippen LogP contribution in [0.25, 0.3) is 16.8 Å². The summed E-state index contributed by atoms with van der Waals surface area (Å²) in [5.74, 6) is 0. The molecule has 0 aliphatic carbocycles. The van der Waals surface area contributed by atoms with E-state index in [-0.39, 0.29) is 6.04 Å². The van der Waals surface area contributed by atoms with Crippen LogP contribution in [0.1, 0.15) is 18.7 Å². The minimum absolute atomic E-state index is 0.104. The van der Waals surface area contributed by atoms with Crippen LogP contribution in [0, 0.1) is 0 Å². The van der Waals surface area contributed by atoms with Gasteiger partial charge in [-0.05, 0) is 30.2 Å². The highest BCUT2D eigenvalue weighted by molar-refractivity contribution is 5.64. The molecule has 1 unspecified atom stereocenters. The van der Waals surface area contributed by atoms with Crippen LogP contribution in [0.4, 0.5) is 0 Å². The molecule has 1 aromatic heterocycles. The van der Waals surface area contributed by atoms with E-state index in [1.807, 2.05) is 43.5 Å². The van der Waals surface area contributed by atoms with Crippen molar-refractivity contribution < 1.29 is 0 Å². The highest BCUT2D eigenvalue weighted by Gasteiger charge is 2.06. The van der Waals surface area contributed by atoms with Gasteiger partial charge in [0.25, 0.3) is 0 Å². The average Bonchev–Trinajstić information content (AvgIpc) is 2.98. The Balaban J connectivity index is 1.89. The number of hydrogen-bond donors (Lipinski definition) is 1. The second kappa shape index (κ2) is 5.27. The zero-order valence-corrected chi connectivity index (χ0v) is 11.3. The zero-order valence-electron chi connectivity index (χ0n) is 11.3. The highest BCUT2D eigenvalue weighted by Crippen LogP contribution is 2.20. The Morgan fingerprint density at radius 3 is 2.20 bits per heavy atom. The smallest absolute Gasteiger partial charge is 0.0995 e. The molecule has 1 atom stereocenters. The van der Waals surface area contributed by atoms with Gasteiger partial charge >= 0.3 is 0 Å². The molecule has 0 bridgehead atoms. The molecule has 3 rings (SSSR count). The van der Waals surface area contributed by atoms with E-state index in [0.29, 0.717) is 0 Å². The number of aromatic nitrogens is 3. The molecule has 0 spiro atoms. The molecule has 4 heteroatoms. The summed E-state index contributed by atoms with van der Waals surface area (Å²) in [6.07, 6.45) is 1.86. The monoisotopic (exact) mass is 264 g/mol. The molecule has 0 amide bonds. The van der Waals surface area contributed by atoms with E-state index in [4.69, 9.17) is 5.73 Å². The quantitative estimate of drug-likeness (QED) is 0.791. The number of nitrogens with two attached hydrogens (primary N) is 1. The second-order valence-electron chi connectivity index (χ2n) is 4.79. The van der Waals surface area contributed by atoms with Crippen molar-refractivity contribution in [1.29, 1.82) is 0 Å². The van der Waals surface area contributed by atoms with E-state index in [9.17, 15) is 0 Å². The maximum absolute atomic E-state index is 5.79. The molecule has 0 fully saturated rings.